The Morgan fingerprint density at radius 3 is 2.84 bits per heavy atom. The minimum absolute atomic E-state index is 0.00309. The highest BCUT2D eigenvalue weighted by Gasteiger charge is 2.15. The molecule has 0 unspecified atom stereocenters. The molecule has 0 spiro atoms. The van der Waals surface area contributed by atoms with Gasteiger partial charge in [0, 0.05) is 12.6 Å². The number of nitrogens with zero attached hydrogens (tertiary/aromatic N) is 2. The summed E-state index contributed by atoms with van der Waals surface area (Å²) in [5.74, 6) is -0.429. The van der Waals surface area contributed by atoms with Crippen molar-refractivity contribution in [3.63, 3.8) is 0 Å². The Morgan fingerprint density at radius 2 is 2.21 bits per heavy atom. The number of carbonyl (C=O) groups is 1. The summed E-state index contributed by atoms with van der Waals surface area (Å²) >= 11 is 0. The molecule has 0 saturated carbocycles. The van der Waals surface area contributed by atoms with Gasteiger partial charge in [-0.15, -0.1) is 0 Å². The van der Waals surface area contributed by atoms with E-state index in [-0.39, 0.29) is 17.1 Å². The molecule has 3 N–H and O–H groups in total. The van der Waals surface area contributed by atoms with Gasteiger partial charge in [-0.3, -0.25) is 14.9 Å². The first kappa shape index (κ1) is 14.9. The first-order valence-corrected chi connectivity index (χ1v) is 6.24. The molecule has 0 saturated heterocycles. The number of anilines is 1. The summed E-state index contributed by atoms with van der Waals surface area (Å²) in [6, 6.07) is 1.14. The molecular weight excluding hydrogens is 248 g/mol. The van der Waals surface area contributed by atoms with Gasteiger partial charge in [0.15, 0.2) is 0 Å². The Balaban J connectivity index is 2.61. The Morgan fingerprint density at radius 1 is 1.47 bits per heavy atom. The fourth-order valence-electron chi connectivity index (χ4n) is 1.59. The number of amides is 1. The highest BCUT2D eigenvalue weighted by Crippen LogP contribution is 2.16. The number of unbranched alkanes of at least 4 members (excludes halogenated alkanes) is 3. The third kappa shape index (κ3) is 4.53. The van der Waals surface area contributed by atoms with Gasteiger partial charge in [-0.25, -0.2) is 4.98 Å². The maximum Gasteiger partial charge on any atom is 0.288 e. The van der Waals surface area contributed by atoms with Crippen LogP contribution in [0.15, 0.2) is 12.3 Å². The number of hydrogen-bond donors (Lipinski definition) is 2. The molecule has 1 aromatic rings. The smallest absolute Gasteiger partial charge is 0.288 e. The van der Waals surface area contributed by atoms with Crippen LogP contribution in [0.25, 0.3) is 0 Å². The Hall–Kier alpha value is -2.18. The van der Waals surface area contributed by atoms with Crippen LogP contribution in [-0.2, 0) is 0 Å². The molecule has 0 radical (unpaired) electrons. The standard InChI is InChI=1S/C12H18N4O3/c1-2-3-4-5-6-14-12(17)10-7-9(16(18)19)8-15-11(10)13/h7-8H,2-6H2,1H3,(H2,13,15)(H,14,17). The fraction of sp³-hybridized carbons (Fsp3) is 0.500. The van der Waals surface area contributed by atoms with Crippen molar-refractivity contribution in [1.29, 1.82) is 0 Å². The summed E-state index contributed by atoms with van der Waals surface area (Å²) < 4.78 is 0. The van der Waals surface area contributed by atoms with E-state index < -0.39 is 10.8 Å². The predicted octanol–water partition coefficient (Wildman–Crippen LogP) is 1.88. The molecule has 1 aromatic heterocycles. The maximum absolute atomic E-state index is 11.8. The predicted molar refractivity (Wildman–Crippen MR) is 71.8 cm³/mol. The van der Waals surface area contributed by atoms with Gasteiger partial charge < -0.3 is 11.1 Å². The fourth-order valence-corrected chi connectivity index (χ4v) is 1.59. The number of nitro groups is 1. The van der Waals surface area contributed by atoms with E-state index in [0.29, 0.717) is 6.54 Å². The van der Waals surface area contributed by atoms with Crippen molar-refractivity contribution >= 4 is 17.4 Å². The lowest BCUT2D eigenvalue weighted by Crippen LogP contribution is -2.25. The molecule has 0 aliphatic rings. The minimum Gasteiger partial charge on any atom is -0.383 e. The van der Waals surface area contributed by atoms with Gasteiger partial charge in [-0.2, -0.15) is 0 Å². The lowest BCUT2D eigenvalue weighted by molar-refractivity contribution is -0.385. The van der Waals surface area contributed by atoms with Gasteiger partial charge in [0.25, 0.3) is 11.6 Å². The minimum atomic E-state index is -0.607. The van der Waals surface area contributed by atoms with Gasteiger partial charge in [0.1, 0.15) is 12.0 Å². The average Bonchev–Trinajstić information content (AvgIpc) is 2.38. The Bertz CT molecular complexity index is 462. The van der Waals surface area contributed by atoms with E-state index >= 15 is 0 Å². The summed E-state index contributed by atoms with van der Waals surface area (Å²) in [6.07, 6.45) is 5.20. The number of nitrogens with two attached hydrogens (primary N) is 1. The van der Waals surface area contributed by atoms with Crippen LogP contribution in [0.2, 0.25) is 0 Å². The molecule has 1 amide bonds. The van der Waals surface area contributed by atoms with Crippen molar-refractivity contribution < 1.29 is 9.72 Å². The Labute approximate surface area is 111 Å². The summed E-state index contributed by atoms with van der Waals surface area (Å²) in [4.78, 5) is 25.5. The molecule has 7 heteroatoms. The summed E-state index contributed by atoms with van der Waals surface area (Å²) in [7, 11) is 0. The van der Waals surface area contributed by atoms with Crippen molar-refractivity contribution in [3.05, 3.63) is 27.9 Å². The van der Waals surface area contributed by atoms with Crippen LogP contribution in [0.3, 0.4) is 0 Å². The van der Waals surface area contributed by atoms with Gasteiger partial charge in [0.2, 0.25) is 0 Å². The van der Waals surface area contributed by atoms with E-state index in [1.54, 1.807) is 0 Å². The molecule has 19 heavy (non-hydrogen) atoms. The van der Waals surface area contributed by atoms with Crippen molar-refractivity contribution in [3.8, 4) is 0 Å². The third-order valence-corrected chi connectivity index (χ3v) is 2.68. The van der Waals surface area contributed by atoms with Crippen LogP contribution in [0.5, 0.6) is 0 Å². The number of carbonyl (C=O) groups excluding carboxylic acids is 1. The summed E-state index contributed by atoms with van der Waals surface area (Å²) in [5, 5.41) is 13.3. The van der Waals surface area contributed by atoms with Gasteiger partial charge in [-0.05, 0) is 6.42 Å². The molecule has 104 valence electrons. The molecule has 0 aliphatic carbocycles. The molecule has 1 heterocycles. The number of nitrogens with one attached hydrogen (secondary N) is 1. The highest BCUT2D eigenvalue weighted by molar-refractivity contribution is 5.98. The van der Waals surface area contributed by atoms with Crippen LogP contribution in [0, 0.1) is 10.1 Å². The molecule has 0 fully saturated rings. The van der Waals surface area contributed by atoms with Crippen LogP contribution in [0.1, 0.15) is 43.0 Å². The number of aromatic nitrogens is 1. The van der Waals surface area contributed by atoms with Crippen molar-refractivity contribution in [2.45, 2.75) is 32.6 Å². The average molecular weight is 266 g/mol. The van der Waals surface area contributed by atoms with E-state index in [9.17, 15) is 14.9 Å². The highest BCUT2D eigenvalue weighted by atomic mass is 16.6. The van der Waals surface area contributed by atoms with E-state index in [4.69, 9.17) is 5.73 Å². The van der Waals surface area contributed by atoms with Gasteiger partial charge in [0.05, 0.1) is 10.5 Å². The molecule has 1 rings (SSSR count). The van der Waals surface area contributed by atoms with Gasteiger partial charge >= 0.3 is 0 Å². The SMILES string of the molecule is CCCCCCNC(=O)c1cc([N+](=O)[O-])cnc1N. The lowest BCUT2D eigenvalue weighted by Gasteiger charge is -2.06. The topological polar surface area (TPSA) is 111 Å². The quantitative estimate of drug-likeness (QED) is 0.444. The first-order valence-electron chi connectivity index (χ1n) is 6.24. The van der Waals surface area contributed by atoms with Gasteiger partial charge in [-0.1, -0.05) is 26.2 Å². The van der Waals surface area contributed by atoms with E-state index in [1.165, 1.54) is 0 Å². The van der Waals surface area contributed by atoms with Crippen LogP contribution in [0.4, 0.5) is 11.5 Å². The molecule has 0 bridgehead atoms. The Kier molecular flexibility index (Phi) is 5.72. The van der Waals surface area contributed by atoms with Crippen molar-refractivity contribution in [2.24, 2.45) is 0 Å². The summed E-state index contributed by atoms with van der Waals surface area (Å²) in [5.41, 5.74) is 5.35. The van der Waals surface area contributed by atoms with E-state index in [2.05, 4.69) is 17.2 Å². The molecule has 0 atom stereocenters. The number of nitrogen functional groups attached to an aromatic ring is 1. The third-order valence-electron chi connectivity index (χ3n) is 2.68. The van der Waals surface area contributed by atoms with E-state index in [0.717, 1.165) is 37.9 Å². The second-order valence-electron chi connectivity index (χ2n) is 4.20. The summed E-state index contributed by atoms with van der Waals surface area (Å²) in [6.45, 7) is 2.63. The molecule has 0 aromatic carbocycles. The molecule has 7 nitrogen and oxygen atoms in total. The van der Waals surface area contributed by atoms with Crippen LogP contribution >= 0.6 is 0 Å². The monoisotopic (exact) mass is 266 g/mol. The maximum atomic E-state index is 11.8. The largest absolute Gasteiger partial charge is 0.383 e. The molecular formula is C12H18N4O3. The second kappa shape index (κ2) is 7.30. The normalized spacial score (nSPS) is 10.2. The lowest BCUT2D eigenvalue weighted by atomic mass is 10.2. The zero-order valence-electron chi connectivity index (χ0n) is 10.9. The van der Waals surface area contributed by atoms with Crippen LogP contribution < -0.4 is 11.1 Å². The zero-order valence-corrected chi connectivity index (χ0v) is 10.9. The zero-order chi connectivity index (χ0) is 14.3. The second-order valence-corrected chi connectivity index (χ2v) is 4.20. The number of rotatable bonds is 7. The first-order chi connectivity index (χ1) is 9.06. The van der Waals surface area contributed by atoms with Crippen molar-refractivity contribution in [2.75, 3.05) is 12.3 Å². The van der Waals surface area contributed by atoms with Crippen LogP contribution in [-0.4, -0.2) is 22.4 Å². The van der Waals surface area contributed by atoms with E-state index in [1.807, 2.05) is 0 Å². The number of hydrogen-bond acceptors (Lipinski definition) is 5. The number of pyridine rings is 1. The molecule has 0 aliphatic heterocycles. The van der Waals surface area contributed by atoms with Crippen molar-refractivity contribution in [1.82, 2.24) is 10.3 Å².